The van der Waals surface area contributed by atoms with Gasteiger partial charge in [0.1, 0.15) is 11.9 Å². The number of esters is 1. The van der Waals surface area contributed by atoms with Crippen LogP contribution in [-0.4, -0.2) is 28.9 Å². The van der Waals surface area contributed by atoms with Crippen LogP contribution in [0.3, 0.4) is 0 Å². The van der Waals surface area contributed by atoms with Crippen LogP contribution >= 0.6 is 0 Å². The van der Waals surface area contributed by atoms with Gasteiger partial charge in [0.15, 0.2) is 0 Å². The van der Waals surface area contributed by atoms with Crippen molar-refractivity contribution in [3.63, 3.8) is 0 Å². The molecule has 0 aromatic heterocycles. The van der Waals surface area contributed by atoms with E-state index >= 15 is 0 Å². The normalized spacial score (nSPS) is 44.9. The van der Waals surface area contributed by atoms with E-state index < -0.39 is 5.97 Å². The van der Waals surface area contributed by atoms with Crippen LogP contribution in [0.15, 0.2) is 0 Å². The van der Waals surface area contributed by atoms with E-state index in [0.717, 1.165) is 38.5 Å². The third kappa shape index (κ3) is 3.19. The highest BCUT2D eigenvalue weighted by Crippen LogP contribution is 2.66. The van der Waals surface area contributed by atoms with E-state index in [1.54, 1.807) is 0 Å². The first-order chi connectivity index (χ1) is 13.2. The first-order valence-electron chi connectivity index (χ1n) is 11.2. The lowest BCUT2D eigenvalue weighted by Crippen LogP contribution is -2.54. The number of carbonyl (C=O) groups is 3. The largest absolute Gasteiger partial charge is 0.481 e. The molecule has 0 bridgehead atoms. The van der Waals surface area contributed by atoms with Crippen LogP contribution in [0.2, 0.25) is 0 Å². The molecule has 4 aliphatic carbocycles. The molecule has 4 fully saturated rings. The molecule has 0 heterocycles. The van der Waals surface area contributed by atoms with Crippen molar-refractivity contribution in [2.75, 3.05) is 0 Å². The Labute approximate surface area is 167 Å². The van der Waals surface area contributed by atoms with Crippen LogP contribution in [0.1, 0.15) is 84.5 Å². The molecule has 0 unspecified atom stereocenters. The van der Waals surface area contributed by atoms with Crippen molar-refractivity contribution in [2.45, 2.75) is 90.6 Å². The molecule has 5 heteroatoms. The highest BCUT2D eigenvalue weighted by Gasteiger charge is 2.61. The number of rotatable bonds is 4. The van der Waals surface area contributed by atoms with Gasteiger partial charge in [-0.15, -0.1) is 0 Å². The van der Waals surface area contributed by atoms with Gasteiger partial charge in [-0.3, -0.25) is 14.4 Å². The molecule has 4 rings (SSSR count). The van der Waals surface area contributed by atoms with Gasteiger partial charge in [-0.05, 0) is 74.0 Å². The number of fused-ring (bicyclic) bond motifs is 5. The number of carboxylic acids is 1. The molecule has 0 amide bonds. The summed E-state index contributed by atoms with van der Waals surface area (Å²) in [6.07, 6.45) is 8.95. The van der Waals surface area contributed by atoms with Crippen molar-refractivity contribution in [3.05, 3.63) is 0 Å². The van der Waals surface area contributed by atoms with Gasteiger partial charge in [0.2, 0.25) is 0 Å². The average Bonchev–Trinajstić information content (AvgIpc) is 2.97. The maximum atomic E-state index is 12.2. The quantitative estimate of drug-likeness (QED) is 0.721. The number of carboxylic acid groups (broad SMARTS) is 1. The first kappa shape index (κ1) is 19.9. The Balaban J connectivity index is 1.47. The smallest absolute Gasteiger partial charge is 0.306 e. The molecule has 4 aliphatic rings. The summed E-state index contributed by atoms with van der Waals surface area (Å²) in [7, 11) is 0. The molecule has 1 N–H and O–H groups in total. The number of hydrogen-bond acceptors (Lipinski definition) is 4. The van der Waals surface area contributed by atoms with Crippen molar-refractivity contribution in [1.29, 1.82) is 0 Å². The molecule has 156 valence electrons. The fourth-order valence-electron chi connectivity index (χ4n) is 7.62. The molecule has 7 atom stereocenters. The zero-order valence-electron chi connectivity index (χ0n) is 17.2. The van der Waals surface area contributed by atoms with Crippen LogP contribution in [-0.2, 0) is 19.1 Å². The van der Waals surface area contributed by atoms with Gasteiger partial charge in [-0.1, -0.05) is 13.8 Å². The zero-order chi connectivity index (χ0) is 20.1. The Hall–Kier alpha value is -1.39. The molecule has 28 heavy (non-hydrogen) atoms. The monoisotopic (exact) mass is 390 g/mol. The number of hydrogen-bond donors (Lipinski definition) is 1. The van der Waals surface area contributed by atoms with Crippen LogP contribution in [0.4, 0.5) is 0 Å². The van der Waals surface area contributed by atoms with E-state index in [9.17, 15) is 14.4 Å². The van der Waals surface area contributed by atoms with Gasteiger partial charge in [0, 0.05) is 18.3 Å². The highest BCUT2D eigenvalue weighted by molar-refractivity contribution is 5.79. The number of carbonyl (C=O) groups excluding carboxylic acids is 2. The Morgan fingerprint density at radius 1 is 1.00 bits per heavy atom. The van der Waals surface area contributed by atoms with Gasteiger partial charge in [-0.2, -0.15) is 0 Å². The molecule has 0 spiro atoms. The summed E-state index contributed by atoms with van der Waals surface area (Å²) in [6.45, 7) is 4.75. The fourth-order valence-corrected chi connectivity index (χ4v) is 7.62. The minimum atomic E-state index is -0.955. The second-order valence-electron chi connectivity index (χ2n) is 10.4. The van der Waals surface area contributed by atoms with Gasteiger partial charge >= 0.3 is 11.9 Å². The summed E-state index contributed by atoms with van der Waals surface area (Å²) < 4.78 is 5.81. The lowest BCUT2D eigenvalue weighted by molar-refractivity contribution is -0.165. The van der Waals surface area contributed by atoms with E-state index in [4.69, 9.17) is 9.84 Å². The second-order valence-corrected chi connectivity index (χ2v) is 10.4. The summed E-state index contributed by atoms with van der Waals surface area (Å²) in [5.41, 5.74) is 0.322. The summed E-state index contributed by atoms with van der Waals surface area (Å²) in [6, 6.07) is 0. The van der Waals surface area contributed by atoms with Crippen molar-refractivity contribution < 1.29 is 24.2 Å². The number of ether oxygens (including phenoxy) is 1. The SMILES string of the molecule is C[C@]12CCC(=O)C[C@@H]1CC[C@H]1[C@H]3CC[C@H](OC(=O)CCC(=O)O)[C@@]3(C)CC[C@@H]12. The Morgan fingerprint density at radius 2 is 1.75 bits per heavy atom. The van der Waals surface area contributed by atoms with E-state index in [0.29, 0.717) is 34.9 Å². The van der Waals surface area contributed by atoms with Crippen molar-refractivity contribution in [3.8, 4) is 0 Å². The molecule has 4 saturated carbocycles. The zero-order valence-corrected chi connectivity index (χ0v) is 17.2. The van der Waals surface area contributed by atoms with E-state index in [2.05, 4.69) is 13.8 Å². The lowest BCUT2D eigenvalue weighted by atomic mass is 9.45. The van der Waals surface area contributed by atoms with Crippen LogP contribution in [0.5, 0.6) is 0 Å². The standard InChI is InChI=1S/C23H34O5/c1-22-11-9-15(24)13-14(22)3-4-16-17-5-6-19(23(17,2)12-10-18(16)22)28-21(27)8-7-20(25)26/h14,16-19H,3-13H2,1-2H3,(H,25,26)/t14-,16-,17+,18-,19-,22-,23-/m0/s1. The van der Waals surface area contributed by atoms with Gasteiger partial charge in [-0.25, -0.2) is 0 Å². The number of ketones is 1. The van der Waals surface area contributed by atoms with Crippen LogP contribution in [0.25, 0.3) is 0 Å². The van der Waals surface area contributed by atoms with Crippen molar-refractivity contribution >= 4 is 17.7 Å². The minimum absolute atomic E-state index is 0.0216. The first-order valence-corrected chi connectivity index (χ1v) is 11.2. The Bertz CT molecular complexity index is 672. The molecule has 0 aromatic rings. The highest BCUT2D eigenvalue weighted by atomic mass is 16.5. The third-order valence-corrected chi connectivity index (χ3v) is 9.21. The molecule has 0 radical (unpaired) electrons. The van der Waals surface area contributed by atoms with Crippen molar-refractivity contribution in [1.82, 2.24) is 0 Å². The van der Waals surface area contributed by atoms with Crippen LogP contribution in [0, 0.1) is 34.5 Å². The van der Waals surface area contributed by atoms with Crippen molar-refractivity contribution in [2.24, 2.45) is 34.5 Å². The molecule has 0 saturated heterocycles. The summed E-state index contributed by atoms with van der Waals surface area (Å²) >= 11 is 0. The van der Waals surface area contributed by atoms with Gasteiger partial charge < -0.3 is 9.84 Å². The minimum Gasteiger partial charge on any atom is -0.481 e. The molecule has 0 aliphatic heterocycles. The molecular weight excluding hydrogens is 356 g/mol. The number of aliphatic carboxylic acids is 1. The lowest BCUT2D eigenvalue weighted by Gasteiger charge is -2.60. The summed E-state index contributed by atoms with van der Waals surface area (Å²) in [5.74, 6) is 1.65. The van der Waals surface area contributed by atoms with E-state index in [-0.39, 0.29) is 30.3 Å². The summed E-state index contributed by atoms with van der Waals surface area (Å²) in [4.78, 5) is 34.9. The Kier molecular flexibility index (Phi) is 5.08. The van der Waals surface area contributed by atoms with Gasteiger partial charge in [0.05, 0.1) is 12.8 Å². The number of Topliss-reactive ketones (excluding diaryl/α,β-unsaturated/α-hetero) is 1. The maximum Gasteiger partial charge on any atom is 0.306 e. The van der Waals surface area contributed by atoms with E-state index in [1.807, 2.05) is 0 Å². The second kappa shape index (κ2) is 7.14. The third-order valence-electron chi connectivity index (χ3n) is 9.21. The molecule has 0 aromatic carbocycles. The summed E-state index contributed by atoms with van der Waals surface area (Å²) in [5, 5.41) is 8.80. The van der Waals surface area contributed by atoms with E-state index in [1.165, 1.54) is 19.3 Å². The topological polar surface area (TPSA) is 80.7 Å². The Morgan fingerprint density at radius 3 is 2.50 bits per heavy atom. The fraction of sp³-hybridized carbons (Fsp3) is 0.870. The molecule has 5 nitrogen and oxygen atoms in total. The molecular formula is C23H34O5. The maximum absolute atomic E-state index is 12.2. The predicted molar refractivity (Wildman–Crippen MR) is 103 cm³/mol. The predicted octanol–water partition coefficient (Wildman–Crippen LogP) is 4.37. The average molecular weight is 391 g/mol. The van der Waals surface area contributed by atoms with Gasteiger partial charge in [0.25, 0.3) is 0 Å². The van der Waals surface area contributed by atoms with Crippen LogP contribution < -0.4 is 0 Å².